The van der Waals surface area contributed by atoms with Crippen molar-refractivity contribution in [3.8, 4) is 5.75 Å². The van der Waals surface area contributed by atoms with Crippen molar-refractivity contribution < 1.29 is 19.1 Å². The number of methoxy groups -OCH3 is 1. The van der Waals surface area contributed by atoms with Crippen LogP contribution < -0.4 is 10.1 Å². The van der Waals surface area contributed by atoms with Crippen LogP contribution in [0.2, 0.25) is 0 Å². The molecule has 0 aliphatic heterocycles. The molecule has 1 aromatic carbocycles. The molecule has 3 aromatic rings. The highest BCUT2D eigenvalue weighted by Crippen LogP contribution is 2.18. The average molecular weight is 396 g/mol. The number of aromatic nitrogens is 3. The Hall–Kier alpha value is -3.42. The number of ether oxygens (including phenoxy) is 2. The fraction of sp³-hybridized carbons (Fsp3) is 0.333. The summed E-state index contributed by atoms with van der Waals surface area (Å²) in [5, 5.41) is 7.10. The highest BCUT2D eigenvalue weighted by molar-refractivity contribution is 5.92. The minimum absolute atomic E-state index is 0.154. The zero-order valence-electron chi connectivity index (χ0n) is 17.0. The summed E-state index contributed by atoms with van der Waals surface area (Å²) in [4.78, 5) is 28.6. The molecular weight excluding hydrogens is 372 g/mol. The fourth-order valence-corrected chi connectivity index (χ4v) is 3.15. The molecule has 0 spiro atoms. The van der Waals surface area contributed by atoms with E-state index in [1.807, 2.05) is 26.8 Å². The second kappa shape index (κ2) is 8.72. The van der Waals surface area contributed by atoms with Gasteiger partial charge in [-0.3, -0.25) is 9.59 Å². The summed E-state index contributed by atoms with van der Waals surface area (Å²) in [7, 11) is 1.55. The van der Waals surface area contributed by atoms with Crippen LogP contribution in [0.5, 0.6) is 5.75 Å². The first kappa shape index (κ1) is 20.3. The molecule has 29 heavy (non-hydrogen) atoms. The van der Waals surface area contributed by atoms with Crippen LogP contribution >= 0.6 is 0 Å². The van der Waals surface area contributed by atoms with Crippen LogP contribution in [0.1, 0.15) is 29.1 Å². The number of aryl methyl sites for hydroxylation is 3. The zero-order valence-corrected chi connectivity index (χ0v) is 17.0. The van der Waals surface area contributed by atoms with Crippen LogP contribution in [0.3, 0.4) is 0 Å². The van der Waals surface area contributed by atoms with Crippen molar-refractivity contribution in [3.63, 3.8) is 0 Å². The molecule has 2 heterocycles. The molecular formula is C21H24N4O4. The molecule has 2 aromatic heterocycles. The van der Waals surface area contributed by atoms with Gasteiger partial charge in [0.15, 0.2) is 12.3 Å². The van der Waals surface area contributed by atoms with E-state index >= 15 is 0 Å². The quantitative estimate of drug-likeness (QED) is 0.617. The third kappa shape index (κ3) is 4.90. The molecule has 0 unspecified atom stereocenters. The predicted octanol–water partition coefficient (Wildman–Crippen LogP) is 2.78. The fourth-order valence-electron chi connectivity index (χ4n) is 3.15. The summed E-state index contributed by atoms with van der Waals surface area (Å²) in [6, 6.07) is 8.87. The molecule has 0 fully saturated rings. The summed E-state index contributed by atoms with van der Waals surface area (Å²) >= 11 is 0. The van der Waals surface area contributed by atoms with Crippen molar-refractivity contribution in [1.82, 2.24) is 14.6 Å². The monoisotopic (exact) mass is 396 g/mol. The van der Waals surface area contributed by atoms with Crippen molar-refractivity contribution in [2.45, 2.75) is 33.6 Å². The maximum Gasteiger partial charge on any atom is 0.306 e. The molecule has 3 rings (SSSR count). The highest BCUT2D eigenvalue weighted by atomic mass is 16.5. The number of hydrogen-bond donors (Lipinski definition) is 1. The van der Waals surface area contributed by atoms with E-state index < -0.39 is 11.9 Å². The maximum absolute atomic E-state index is 12.1. The van der Waals surface area contributed by atoms with Crippen molar-refractivity contribution >= 4 is 23.2 Å². The number of nitrogens with one attached hydrogen (secondary N) is 1. The van der Waals surface area contributed by atoms with Gasteiger partial charge in [0.2, 0.25) is 0 Å². The van der Waals surface area contributed by atoms with Crippen LogP contribution in [0, 0.1) is 20.8 Å². The van der Waals surface area contributed by atoms with Gasteiger partial charge in [-0.2, -0.15) is 5.10 Å². The number of rotatable bonds is 7. The van der Waals surface area contributed by atoms with E-state index in [-0.39, 0.29) is 13.0 Å². The highest BCUT2D eigenvalue weighted by Gasteiger charge is 2.14. The van der Waals surface area contributed by atoms with Crippen molar-refractivity contribution in [1.29, 1.82) is 0 Å². The van der Waals surface area contributed by atoms with Gasteiger partial charge in [-0.25, -0.2) is 9.50 Å². The van der Waals surface area contributed by atoms with E-state index in [0.29, 0.717) is 17.9 Å². The van der Waals surface area contributed by atoms with E-state index in [2.05, 4.69) is 15.4 Å². The maximum atomic E-state index is 12.1. The van der Waals surface area contributed by atoms with Crippen LogP contribution in [0.15, 0.2) is 30.3 Å². The number of amides is 1. The number of hydrogen-bond acceptors (Lipinski definition) is 6. The second-order valence-electron chi connectivity index (χ2n) is 6.76. The number of anilines is 1. The smallest absolute Gasteiger partial charge is 0.306 e. The summed E-state index contributed by atoms with van der Waals surface area (Å²) in [6.07, 6.45) is 0.622. The molecule has 0 atom stereocenters. The average Bonchev–Trinajstić information content (AvgIpc) is 3.06. The van der Waals surface area contributed by atoms with Crippen molar-refractivity contribution in [2.24, 2.45) is 0 Å². The zero-order chi connectivity index (χ0) is 21.0. The predicted molar refractivity (Wildman–Crippen MR) is 108 cm³/mol. The summed E-state index contributed by atoms with van der Waals surface area (Å²) in [5.41, 5.74) is 5.02. The Labute approximate surface area is 168 Å². The Morgan fingerprint density at radius 2 is 1.97 bits per heavy atom. The van der Waals surface area contributed by atoms with E-state index in [0.717, 1.165) is 28.3 Å². The van der Waals surface area contributed by atoms with Crippen LogP contribution in [-0.4, -0.2) is 40.2 Å². The lowest BCUT2D eigenvalue weighted by atomic mass is 10.1. The van der Waals surface area contributed by atoms with Gasteiger partial charge >= 0.3 is 5.97 Å². The van der Waals surface area contributed by atoms with Crippen LogP contribution in [0.25, 0.3) is 5.65 Å². The van der Waals surface area contributed by atoms with Gasteiger partial charge < -0.3 is 14.8 Å². The van der Waals surface area contributed by atoms with E-state index in [1.165, 1.54) is 0 Å². The number of nitrogens with zero attached hydrogens (tertiary/aromatic N) is 3. The molecule has 0 aliphatic rings. The molecule has 0 bridgehead atoms. The Morgan fingerprint density at radius 1 is 1.17 bits per heavy atom. The summed E-state index contributed by atoms with van der Waals surface area (Å²) in [5.74, 6) is -0.223. The van der Waals surface area contributed by atoms with Gasteiger partial charge in [0, 0.05) is 35.6 Å². The summed E-state index contributed by atoms with van der Waals surface area (Å²) in [6.45, 7) is 5.44. The first-order chi connectivity index (χ1) is 13.9. The summed E-state index contributed by atoms with van der Waals surface area (Å²) < 4.78 is 12.0. The lowest BCUT2D eigenvalue weighted by Crippen LogP contribution is -2.21. The number of fused-ring (bicyclic) bond motifs is 1. The number of carbonyl (C=O) groups excluding carboxylic acids is 2. The Bertz CT molecular complexity index is 1060. The molecule has 1 N–H and O–H groups in total. The largest absolute Gasteiger partial charge is 0.497 e. The second-order valence-corrected chi connectivity index (χ2v) is 6.76. The Balaban J connectivity index is 1.53. The third-order valence-electron chi connectivity index (χ3n) is 4.58. The first-order valence-electron chi connectivity index (χ1n) is 9.29. The SMILES string of the molecule is COc1cccc(NC(=O)COC(=O)CCc2c(C)nc3cc(C)nn3c2C)c1. The Morgan fingerprint density at radius 3 is 2.72 bits per heavy atom. The molecule has 8 nitrogen and oxygen atoms in total. The topological polar surface area (TPSA) is 94.8 Å². The molecule has 1 amide bonds. The van der Waals surface area contributed by atoms with Gasteiger partial charge in [0.25, 0.3) is 5.91 Å². The van der Waals surface area contributed by atoms with Crippen molar-refractivity contribution in [3.05, 3.63) is 53.0 Å². The number of benzene rings is 1. The molecule has 0 saturated carbocycles. The van der Waals surface area contributed by atoms with Gasteiger partial charge in [-0.15, -0.1) is 0 Å². The normalized spacial score (nSPS) is 10.8. The van der Waals surface area contributed by atoms with E-state index in [9.17, 15) is 9.59 Å². The molecule has 152 valence electrons. The molecule has 0 radical (unpaired) electrons. The van der Waals surface area contributed by atoms with Gasteiger partial charge in [-0.05, 0) is 44.9 Å². The van der Waals surface area contributed by atoms with Crippen molar-refractivity contribution in [2.75, 3.05) is 19.0 Å². The van der Waals surface area contributed by atoms with E-state index in [4.69, 9.17) is 9.47 Å². The lowest BCUT2D eigenvalue weighted by molar-refractivity contribution is -0.147. The number of esters is 1. The first-order valence-corrected chi connectivity index (χ1v) is 9.29. The Kier molecular flexibility index (Phi) is 6.11. The molecule has 8 heteroatoms. The molecule has 0 saturated heterocycles. The molecule has 0 aliphatic carbocycles. The van der Waals surface area contributed by atoms with Gasteiger partial charge in [0.05, 0.1) is 12.8 Å². The minimum atomic E-state index is -0.443. The minimum Gasteiger partial charge on any atom is -0.497 e. The van der Waals surface area contributed by atoms with E-state index in [1.54, 1.807) is 35.9 Å². The van der Waals surface area contributed by atoms with Crippen LogP contribution in [0.4, 0.5) is 5.69 Å². The standard InChI is InChI=1S/C21H24N4O4/c1-13-10-19-22-14(2)18(15(3)25(19)24-13)8-9-21(27)29-12-20(26)23-16-6-5-7-17(11-16)28-4/h5-7,10-11H,8-9,12H2,1-4H3,(H,23,26). The van der Waals surface area contributed by atoms with Crippen LogP contribution in [-0.2, 0) is 20.7 Å². The van der Waals surface area contributed by atoms with Gasteiger partial charge in [-0.1, -0.05) is 6.07 Å². The van der Waals surface area contributed by atoms with Gasteiger partial charge in [0.1, 0.15) is 5.75 Å². The lowest BCUT2D eigenvalue weighted by Gasteiger charge is -2.11. The third-order valence-corrected chi connectivity index (χ3v) is 4.58. The number of carbonyl (C=O) groups is 2.